The quantitative estimate of drug-likeness (QED) is 0.921. The predicted molar refractivity (Wildman–Crippen MR) is 83.2 cm³/mol. The summed E-state index contributed by atoms with van der Waals surface area (Å²) in [4.78, 5) is 0.290. The number of benzene rings is 2. The normalized spacial score (nSPS) is 12.9. The maximum Gasteiger partial charge on any atom is 0.180 e. The fourth-order valence-corrected chi connectivity index (χ4v) is 3.54. The molecule has 1 atom stereocenters. The largest absolute Gasteiger partial charge is 0.496 e. The first kappa shape index (κ1) is 15.5. The molecule has 0 saturated carbocycles. The minimum atomic E-state index is -3.43. The van der Waals surface area contributed by atoms with Crippen molar-refractivity contribution in [3.05, 3.63) is 59.7 Å². The Morgan fingerprint density at radius 1 is 1.10 bits per heavy atom. The van der Waals surface area contributed by atoms with Crippen LogP contribution in [0, 0.1) is 6.92 Å². The molecule has 2 aromatic rings. The summed E-state index contributed by atoms with van der Waals surface area (Å²) < 4.78 is 30.0. The predicted octanol–water partition coefficient (Wildman–Crippen LogP) is 2.48. The lowest BCUT2D eigenvalue weighted by Gasteiger charge is -2.16. The molecule has 0 spiro atoms. The van der Waals surface area contributed by atoms with Crippen molar-refractivity contribution in [1.82, 2.24) is 0 Å². The molecule has 0 fully saturated rings. The van der Waals surface area contributed by atoms with Crippen molar-refractivity contribution in [2.75, 3.05) is 12.9 Å². The molecule has 0 amide bonds. The Hall–Kier alpha value is -1.85. The van der Waals surface area contributed by atoms with E-state index in [1.165, 1.54) is 0 Å². The minimum absolute atomic E-state index is 0.156. The van der Waals surface area contributed by atoms with Gasteiger partial charge in [-0.05, 0) is 25.1 Å². The van der Waals surface area contributed by atoms with Crippen LogP contribution in [0.3, 0.4) is 0 Å². The van der Waals surface area contributed by atoms with Gasteiger partial charge in [-0.25, -0.2) is 8.42 Å². The molecule has 0 aliphatic carbocycles. The summed E-state index contributed by atoms with van der Waals surface area (Å²) in [6.45, 7) is 1.91. The van der Waals surface area contributed by atoms with Gasteiger partial charge in [0.2, 0.25) is 0 Å². The lowest BCUT2D eigenvalue weighted by Crippen LogP contribution is -2.22. The van der Waals surface area contributed by atoms with E-state index in [4.69, 9.17) is 10.5 Å². The molecule has 112 valence electrons. The first-order valence-electron chi connectivity index (χ1n) is 6.62. The Labute approximate surface area is 125 Å². The van der Waals surface area contributed by atoms with E-state index in [0.29, 0.717) is 16.2 Å². The first-order chi connectivity index (χ1) is 9.94. The van der Waals surface area contributed by atoms with Crippen LogP contribution in [0.5, 0.6) is 5.75 Å². The highest BCUT2D eigenvalue weighted by Gasteiger charge is 2.21. The van der Waals surface area contributed by atoms with Crippen LogP contribution >= 0.6 is 0 Å². The Morgan fingerprint density at radius 2 is 1.71 bits per heavy atom. The maximum absolute atomic E-state index is 12.4. The molecule has 0 aliphatic rings. The molecule has 0 aromatic heterocycles. The van der Waals surface area contributed by atoms with Gasteiger partial charge in [0.05, 0.1) is 17.8 Å². The number of rotatable bonds is 5. The van der Waals surface area contributed by atoms with Gasteiger partial charge in [-0.3, -0.25) is 0 Å². The number of methoxy groups -OCH3 is 1. The summed E-state index contributed by atoms with van der Waals surface area (Å²) in [5.74, 6) is 0.445. The number of hydrogen-bond donors (Lipinski definition) is 1. The molecule has 2 aromatic carbocycles. The van der Waals surface area contributed by atoms with Crippen molar-refractivity contribution in [3.63, 3.8) is 0 Å². The average molecular weight is 305 g/mol. The highest BCUT2D eigenvalue weighted by molar-refractivity contribution is 7.91. The zero-order valence-corrected chi connectivity index (χ0v) is 12.9. The van der Waals surface area contributed by atoms with Crippen molar-refractivity contribution >= 4 is 9.84 Å². The van der Waals surface area contributed by atoms with Crippen LogP contribution in [0.1, 0.15) is 17.2 Å². The van der Waals surface area contributed by atoms with Crippen LogP contribution < -0.4 is 10.5 Å². The van der Waals surface area contributed by atoms with Gasteiger partial charge in [-0.1, -0.05) is 35.9 Å². The Bertz CT molecular complexity index is 709. The van der Waals surface area contributed by atoms with Crippen LogP contribution in [0.25, 0.3) is 0 Å². The van der Waals surface area contributed by atoms with Crippen molar-refractivity contribution in [2.24, 2.45) is 5.73 Å². The summed E-state index contributed by atoms with van der Waals surface area (Å²) in [6, 6.07) is 13.3. The van der Waals surface area contributed by atoms with Gasteiger partial charge in [0.1, 0.15) is 5.75 Å². The van der Waals surface area contributed by atoms with Crippen LogP contribution in [0.4, 0.5) is 0 Å². The van der Waals surface area contributed by atoms with Gasteiger partial charge in [0.15, 0.2) is 9.84 Å². The lowest BCUT2D eigenvalue weighted by atomic mass is 10.1. The van der Waals surface area contributed by atoms with Gasteiger partial charge >= 0.3 is 0 Å². The Kier molecular flexibility index (Phi) is 4.65. The van der Waals surface area contributed by atoms with E-state index in [1.807, 2.05) is 19.1 Å². The van der Waals surface area contributed by atoms with Crippen LogP contribution in [-0.4, -0.2) is 21.3 Å². The van der Waals surface area contributed by atoms with E-state index >= 15 is 0 Å². The molecule has 0 saturated heterocycles. The van der Waals surface area contributed by atoms with Gasteiger partial charge < -0.3 is 10.5 Å². The van der Waals surface area contributed by atoms with E-state index in [2.05, 4.69) is 0 Å². The molecule has 2 N–H and O–H groups in total. The highest BCUT2D eigenvalue weighted by Crippen LogP contribution is 2.26. The summed E-state index contributed by atoms with van der Waals surface area (Å²) >= 11 is 0. The minimum Gasteiger partial charge on any atom is -0.496 e. The fraction of sp³-hybridized carbons (Fsp3) is 0.250. The lowest BCUT2D eigenvalue weighted by molar-refractivity contribution is 0.407. The number of para-hydroxylation sites is 1. The van der Waals surface area contributed by atoms with Crippen molar-refractivity contribution in [1.29, 1.82) is 0 Å². The molecule has 0 bridgehead atoms. The summed E-state index contributed by atoms with van der Waals surface area (Å²) in [7, 11) is -1.89. The molecule has 0 heterocycles. The zero-order valence-electron chi connectivity index (χ0n) is 12.1. The zero-order chi connectivity index (χ0) is 15.5. The van der Waals surface area contributed by atoms with E-state index in [-0.39, 0.29) is 5.75 Å². The second kappa shape index (κ2) is 6.28. The van der Waals surface area contributed by atoms with E-state index in [9.17, 15) is 8.42 Å². The molecule has 21 heavy (non-hydrogen) atoms. The fourth-order valence-electron chi connectivity index (χ4n) is 2.14. The number of nitrogens with two attached hydrogens (primary N) is 1. The Balaban J connectivity index is 2.25. The van der Waals surface area contributed by atoms with Crippen LogP contribution in [0.15, 0.2) is 53.4 Å². The maximum atomic E-state index is 12.4. The Morgan fingerprint density at radius 3 is 2.33 bits per heavy atom. The number of aryl methyl sites for hydroxylation is 1. The third kappa shape index (κ3) is 3.62. The van der Waals surface area contributed by atoms with Gasteiger partial charge in [0, 0.05) is 11.6 Å². The molecular weight excluding hydrogens is 286 g/mol. The van der Waals surface area contributed by atoms with Gasteiger partial charge in [-0.15, -0.1) is 0 Å². The molecule has 0 aliphatic heterocycles. The van der Waals surface area contributed by atoms with Crippen molar-refractivity contribution < 1.29 is 13.2 Å². The van der Waals surface area contributed by atoms with E-state index in [0.717, 1.165) is 5.56 Å². The monoisotopic (exact) mass is 305 g/mol. The molecule has 4 nitrogen and oxygen atoms in total. The SMILES string of the molecule is COc1ccccc1C(N)CS(=O)(=O)c1ccc(C)cc1. The molecule has 0 radical (unpaired) electrons. The standard InChI is InChI=1S/C16H19NO3S/c1-12-7-9-13(10-8-12)21(18,19)11-15(17)14-5-3-4-6-16(14)20-2/h3-10,15H,11,17H2,1-2H3. The molecule has 5 heteroatoms. The first-order valence-corrected chi connectivity index (χ1v) is 8.27. The van der Waals surface area contributed by atoms with Crippen molar-refractivity contribution in [2.45, 2.75) is 17.9 Å². The van der Waals surface area contributed by atoms with E-state index in [1.54, 1.807) is 43.5 Å². The third-order valence-corrected chi connectivity index (χ3v) is 5.11. The van der Waals surface area contributed by atoms with Crippen LogP contribution in [0.2, 0.25) is 0 Å². The topological polar surface area (TPSA) is 69.4 Å². The van der Waals surface area contributed by atoms with Crippen molar-refractivity contribution in [3.8, 4) is 5.75 Å². The third-order valence-electron chi connectivity index (χ3n) is 3.32. The number of sulfone groups is 1. The second-order valence-electron chi connectivity index (χ2n) is 4.94. The summed E-state index contributed by atoms with van der Waals surface area (Å²) in [5, 5.41) is 0. The van der Waals surface area contributed by atoms with Gasteiger partial charge in [0.25, 0.3) is 0 Å². The highest BCUT2D eigenvalue weighted by atomic mass is 32.2. The summed E-state index contributed by atoms with van der Waals surface area (Å²) in [6.07, 6.45) is 0. The number of ether oxygens (including phenoxy) is 1. The molecular formula is C16H19NO3S. The summed E-state index contributed by atoms with van der Waals surface area (Å²) in [5.41, 5.74) is 7.77. The number of hydrogen-bond acceptors (Lipinski definition) is 4. The molecule has 2 rings (SSSR count). The molecule has 1 unspecified atom stereocenters. The van der Waals surface area contributed by atoms with E-state index < -0.39 is 15.9 Å². The van der Waals surface area contributed by atoms with Gasteiger partial charge in [-0.2, -0.15) is 0 Å². The smallest absolute Gasteiger partial charge is 0.180 e. The second-order valence-corrected chi connectivity index (χ2v) is 6.98. The average Bonchev–Trinajstić information content (AvgIpc) is 2.47. The van der Waals surface area contributed by atoms with Crippen LogP contribution in [-0.2, 0) is 9.84 Å².